The molecular weight excluding hydrogens is 296 g/mol. The van der Waals surface area contributed by atoms with E-state index in [-0.39, 0.29) is 16.9 Å². The first-order chi connectivity index (χ1) is 10.2. The quantitative estimate of drug-likeness (QED) is 0.228. The van der Waals surface area contributed by atoms with E-state index in [1.807, 2.05) is 6.92 Å². The first-order valence-electron chi connectivity index (χ1n) is 8.11. The van der Waals surface area contributed by atoms with E-state index >= 15 is 0 Å². The van der Waals surface area contributed by atoms with Crippen LogP contribution in [0.25, 0.3) is 0 Å². The van der Waals surface area contributed by atoms with Gasteiger partial charge in [0.15, 0.2) is 0 Å². The maximum atomic E-state index is 11.5. The number of hydrogen-bond acceptors (Lipinski definition) is 4. The molecule has 5 nitrogen and oxygen atoms in total. The van der Waals surface area contributed by atoms with Gasteiger partial charge in [-0.05, 0) is 43.6 Å². The van der Waals surface area contributed by atoms with Gasteiger partial charge in [0, 0.05) is 33.1 Å². The third-order valence-electron chi connectivity index (χ3n) is 3.10. The standard InChI is InChI=1S/C16H32N2O3.H4Si/c1-4-5-12-17-16(19)11-8-6-7-10-15(2)18-21-14-9-13-20-3;/h4-14H2,1-3H3,(H,17,19);1H4/b18-15+;. The van der Waals surface area contributed by atoms with Crippen LogP contribution in [0.1, 0.15) is 65.2 Å². The zero-order valence-corrected chi connectivity index (χ0v) is 14.0. The van der Waals surface area contributed by atoms with E-state index in [9.17, 15) is 4.79 Å². The van der Waals surface area contributed by atoms with Crippen LogP contribution in [-0.2, 0) is 14.4 Å². The van der Waals surface area contributed by atoms with Gasteiger partial charge < -0.3 is 14.9 Å². The van der Waals surface area contributed by atoms with Crippen LogP contribution in [0.5, 0.6) is 0 Å². The summed E-state index contributed by atoms with van der Waals surface area (Å²) < 4.78 is 4.93. The molecule has 0 rings (SSSR count). The second kappa shape index (κ2) is 18.2. The van der Waals surface area contributed by atoms with Crippen LogP contribution in [0.15, 0.2) is 5.16 Å². The number of hydrogen-bond donors (Lipinski definition) is 1. The van der Waals surface area contributed by atoms with Crippen LogP contribution < -0.4 is 5.32 Å². The van der Waals surface area contributed by atoms with E-state index in [1.54, 1.807) is 7.11 Å². The topological polar surface area (TPSA) is 59.9 Å². The lowest BCUT2D eigenvalue weighted by molar-refractivity contribution is -0.121. The van der Waals surface area contributed by atoms with Crippen molar-refractivity contribution in [2.45, 2.75) is 65.2 Å². The third kappa shape index (κ3) is 17.2. The number of nitrogens with zero attached hydrogens (tertiary/aromatic N) is 1. The molecule has 0 saturated carbocycles. The Labute approximate surface area is 140 Å². The lowest BCUT2D eigenvalue weighted by atomic mass is 10.1. The predicted octanol–water partition coefficient (Wildman–Crippen LogP) is 1.83. The highest BCUT2D eigenvalue weighted by Crippen LogP contribution is 2.04. The molecule has 0 fully saturated rings. The second-order valence-corrected chi connectivity index (χ2v) is 5.27. The maximum absolute atomic E-state index is 11.5. The van der Waals surface area contributed by atoms with Crippen LogP contribution >= 0.6 is 0 Å². The number of rotatable bonds is 14. The molecular formula is C16H36N2O3Si. The van der Waals surface area contributed by atoms with Crippen molar-refractivity contribution in [3.63, 3.8) is 0 Å². The lowest BCUT2D eigenvalue weighted by Crippen LogP contribution is -2.23. The van der Waals surface area contributed by atoms with E-state index < -0.39 is 0 Å². The summed E-state index contributed by atoms with van der Waals surface area (Å²) in [6, 6.07) is 0. The Morgan fingerprint density at radius 3 is 2.45 bits per heavy atom. The number of carbonyl (C=O) groups excluding carboxylic acids is 1. The fourth-order valence-corrected chi connectivity index (χ4v) is 1.81. The van der Waals surface area contributed by atoms with Gasteiger partial charge in [-0.15, -0.1) is 0 Å². The normalized spacial score (nSPS) is 11.0. The highest BCUT2D eigenvalue weighted by molar-refractivity contribution is 5.81. The first kappa shape index (κ1) is 23.4. The number of carbonyl (C=O) groups is 1. The van der Waals surface area contributed by atoms with Gasteiger partial charge in [-0.3, -0.25) is 4.79 Å². The largest absolute Gasteiger partial charge is 0.396 e. The second-order valence-electron chi connectivity index (χ2n) is 5.27. The van der Waals surface area contributed by atoms with Crippen molar-refractivity contribution in [3.05, 3.63) is 0 Å². The Balaban J connectivity index is 0. The number of methoxy groups -OCH3 is 1. The highest BCUT2D eigenvalue weighted by Gasteiger charge is 2.00. The molecule has 0 aromatic carbocycles. The minimum Gasteiger partial charge on any atom is -0.396 e. The summed E-state index contributed by atoms with van der Waals surface area (Å²) in [5, 5.41) is 7.00. The molecule has 0 atom stereocenters. The maximum Gasteiger partial charge on any atom is 0.219 e. The number of amides is 1. The Hall–Kier alpha value is -0.883. The van der Waals surface area contributed by atoms with Gasteiger partial charge in [0.1, 0.15) is 6.61 Å². The summed E-state index contributed by atoms with van der Waals surface area (Å²) in [4.78, 5) is 16.7. The zero-order chi connectivity index (χ0) is 15.8. The average molecular weight is 333 g/mol. The first-order valence-corrected chi connectivity index (χ1v) is 8.11. The van der Waals surface area contributed by atoms with Gasteiger partial charge in [-0.1, -0.05) is 24.9 Å². The van der Waals surface area contributed by atoms with E-state index in [2.05, 4.69) is 17.4 Å². The Morgan fingerprint density at radius 2 is 1.77 bits per heavy atom. The SMILES string of the molecule is CCCCNC(=O)CCCCC/C(C)=N/OCCCOC.[SiH4]. The molecule has 0 bridgehead atoms. The van der Waals surface area contributed by atoms with E-state index in [4.69, 9.17) is 9.57 Å². The minimum absolute atomic E-state index is 0. The summed E-state index contributed by atoms with van der Waals surface area (Å²) in [6.45, 7) is 6.21. The molecule has 0 radical (unpaired) electrons. The van der Waals surface area contributed by atoms with Crippen LogP contribution in [-0.4, -0.2) is 49.5 Å². The van der Waals surface area contributed by atoms with Crippen molar-refractivity contribution in [1.29, 1.82) is 0 Å². The third-order valence-corrected chi connectivity index (χ3v) is 3.10. The summed E-state index contributed by atoms with van der Waals surface area (Å²) in [5.41, 5.74) is 1.01. The molecule has 1 amide bonds. The number of ether oxygens (including phenoxy) is 1. The van der Waals surface area contributed by atoms with Crippen LogP contribution in [0.2, 0.25) is 0 Å². The molecule has 6 heteroatoms. The smallest absolute Gasteiger partial charge is 0.219 e. The molecule has 0 aliphatic rings. The van der Waals surface area contributed by atoms with Crippen LogP contribution in [0.4, 0.5) is 0 Å². The van der Waals surface area contributed by atoms with Crippen molar-refractivity contribution >= 4 is 22.6 Å². The zero-order valence-electron chi connectivity index (χ0n) is 14.0. The van der Waals surface area contributed by atoms with Gasteiger partial charge in [0.25, 0.3) is 0 Å². The fraction of sp³-hybridized carbons (Fsp3) is 0.875. The van der Waals surface area contributed by atoms with Crippen molar-refractivity contribution in [2.24, 2.45) is 5.16 Å². The van der Waals surface area contributed by atoms with Gasteiger partial charge in [-0.2, -0.15) is 0 Å². The molecule has 22 heavy (non-hydrogen) atoms. The predicted molar refractivity (Wildman–Crippen MR) is 97.9 cm³/mol. The van der Waals surface area contributed by atoms with Crippen molar-refractivity contribution in [3.8, 4) is 0 Å². The summed E-state index contributed by atoms with van der Waals surface area (Å²) in [5.74, 6) is 0.176. The number of nitrogens with one attached hydrogen (secondary N) is 1. The summed E-state index contributed by atoms with van der Waals surface area (Å²) in [6.07, 6.45) is 7.66. The summed E-state index contributed by atoms with van der Waals surface area (Å²) in [7, 11) is 1.68. The Kier molecular flexibility index (Phi) is 19.3. The molecule has 132 valence electrons. The van der Waals surface area contributed by atoms with Crippen LogP contribution in [0, 0.1) is 0 Å². The van der Waals surface area contributed by atoms with Gasteiger partial charge >= 0.3 is 0 Å². The number of unbranched alkanes of at least 4 members (excludes halogenated alkanes) is 3. The van der Waals surface area contributed by atoms with Gasteiger partial charge in [-0.25, -0.2) is 0 Å². The van der Waals surface area contributed by atoms with Crippen molar-refractivity contribution < 1.29 is 14.4 Å². The van der Waals surface area contributed by atoms with E-state index in [1.165, 1.54) is 0 Å². The van der Waals surface area contributed by atoms with Gasteiger partial charge in [0.05, 0.1) is 5.71 Å². The molecule has 0 unspecified atom stereocenters. The summed E-state index contributed by atoms with van der Waals surface area (Å²) >= 11 is 0. The molecule has 0 aliphatic heterocycles. The number of oxime groups is 1. The minimum atomic E-state index is 0. The Bertz CT molecular complexity index is 287. The van der Waals surface area contributed by atoms with E-state index in [0.29, 0.717) is 19.6 Å². The van der Waals surface area contributed by atoms with Gasteiger partial charge in [0.2, 0.25) is 5.91 Å². The highest BCUT2D eigenvalue weighted by atomic mass is 28.1. The lowest BCUT2D eigenvalue weighted by Gasteiger charge is -2.04. The average Bonchev–Trinajstić information content (AvgIpc) is 2.47. The molecule has 0 aromatic heterocycles. The molecule has 0 aliphatic carbocycles. The van der Waals surface area contributed by atoms with Crippen molar-refractivity contribution in [1.82, 2.24) is 5.32 Å². The molecule has 0 spiro atoms. The molecule has 0 saturated heterocycles. The van der Waals surface area contributed by atoms with Crippen LogP contribution in [0.3, 0.4) is 0 Å². The van der Waals surface area contributed by atoms with Crippen molar-refractivity contribution in [2.75, 3.05) is 26.9 Å². The molecule has 0 heterocycles. The molecule has 0 aromatic rings. The monoisotopic (exact) mass is 332 g/mol. The Morgan fingerprint density at radius 1 is 1.05 bits per heavy atom. The van der Waals surface area contributed by atoms with E-state index in [0.717, 1.165) is 57.2 Å². The molecule has 1 N–H and O–H groups in total. The fourth-order valence-electron chi connectivity index (χ4n) is 1.81.